The molecule has 1 aromatic carbocycles. The third-order valence-electron chi connectivity index (χ3n) is 6.51. The number of nitrogens with zero attached hydrogens (tertiary/aromatic N) is 6. The molecule has 0 bridgehead atoms. The van der Waals surface area contributed by atoms with Gasteiger partial charge in [0.1, 0.15) is 0 Å². The molecule has 9 heteroatoms. The van der Waals surface area contributed by atoms with Crippen LogP contribution in [0.2, 0.25) is 0 Å². The van der Waals surface area contributed by atoms with Crippen molar-refractivity contribution < 1.29 is 9.53 Å². The lowest BCUT2D eigenvalue weighted by atomic mass is 10.1. The largest absolute Gasteiger partial charge is 0.380 e. The van der Waals surface area contributed by atoms with Crippen molar-refractivity contribution in [3.8, 4) is 17.3 Å². The van der Waals surface area contributed by atoms with Gasteiger partial charge in [-0.05, 0) is 55.5 Å². The minimum atomic E-state index is 0.0160. The molecule has 1 aliphatic heterocycles. The van der Waals surface area contributed by atoms with E-state index in [1.165, 1.54) is 0 Å². The van der Waals surface area contributed by atoms with Crippen molar-refractivity contribution in [1.29, 1.82) is 5.26 Å². The molecule has 2 fully saturated rings. The predicted molar refractivity (Wildman–Crippen MR) is 126 cm³/mol. The number of carbonyl (C=O) groups excluding carboxylic acids is 1. The first-order valence-electron chi connectivity index (χ1n) is 11.6. The number of anilines is 2. The lowest BCUT2D eigenvalue weighted by Gasteiger charge is -2.16. The SMILES string of the molecule is CO[C@H]1CCN(C(=O)c2ccc(Nc3nccc(-c4cnn(C(CC#N)C5CC5)c4)n3)cc2)C1. The van der Waals surface area contributed by atoms with E-state index in [1.807, 2.05) is 46.1 Å². The van der Waals surface area contributed by atoms with Gasteiger partial charge in [-0.25, -0.2) is 9.97 Å². The first kappa shape index (κ1) is 22.0. The Morgan fingerprint density at radius 2 is 2.09 bits per heavy atom. The number of amides is 1. The lowest BCUT2D eigenvalue weighted by molar-refractivity contribution is 0.0724. The van der Waals surface area contributed by atoms with Gasteiger partial charge in [-0.2, -0.15) is 10.4 Å². The Morgan fingerprint density at radius 1 is 1.26 bits per heavy atom. The number of benzene rings is 1. The van der Waals surface area contributed by atoms with Crippen LogP contribution in [0, 0.1) is 17.2 Å². The lowest BCUT2D eigenvalue weighted by Crippen LogP contribution is -2.29. The Bertz CT molecular complexity index is 1200. The number of ether oxygens (including phenoxy) is 1. The second-order valence-corrected chi connectivity index (χ2v) is 8.84. The molecule has 174 valence electrons. The zero-order valence-electron chi connectivity index (χ0n) is 19.1. The van der Waals surface area contributed by atoms with Gasteiger partial charge >= 0.3 is 0 Å². The molecule has 3 heterocycles. The number of aromatic nitrogens is 4. The van der Waals surface area contributed by atoms with Gasteiger partial charge in [0.2, 0.25) is 5.95 Å². The van der Waals surface area contributed by atoms with E-state index in [0.717, 1.165) is 36.2 Å². The summed E-state index contributed by atoms with van der Waals surface area (Å²) < 4.78 is 7.25. The fraction of sp³-hybridized carbons (Fsp3) is 0.400. The Kier molecular flexibility index (Phi) is 6.23. The molecule has 2 aliphatic rings. The second-order valence-electron chi connectivity index (χ2n) is 8.84. The summed E-state index contributed by atoms with van der Waals surface area (Å²) >= 11 is 0. The van der Waals surface area contributed by atoms with E-state index in [1.54, 1.807) is 19.5 Å². The monoisotopic (exact) mass is 457 g/mol. The van der Waals surface area contributed by atoms with Crippen molar-refractivity contribution in [3.05, 3.63) is 54.5 Å². The molecule has 2 atom stereocenters. The van der Waals surface area contributed by atoms with Crippen molar-refractivity contribution in [2.75, 3.05) is 25.5 Å². The number of methoxy groups -OCH3 is 1. The number of likely N-dealkylation sites (tertiary alicyclic amines) is 1. The molecule has 0 radical (unpaired) electrons. The maximum atomic E-state index is 12.7. The van der Waals surface area contributed by atoms with Crippen LogP contribution in [-0.4, -0.2) is 56.9 Å². The van der Waals surface area contributed by atoms with E-state index in [2.05, 4.69) is 26.5 Å². The molecule has 3 aromatic rings. The summed E-state index contributed by atoms with van der Waals surface area (Å²) in [5, 5.41) is 16.9. The molecule has 34 heavy (non-hydrogen) atoms. The summed E-state index contributed by atoms with van der Waals surface area (Å²) in [6.45, 7) is 1.34. The summed E-state index contributed by atoms with van der Waals surface area (Å²) in [5.74, 6) is 1.02. The zero-order chi connectivity index (χ0) is 23.5. The average Bonchev–Trinajstić information content (AvgIpc) is 3.38. The number of rotatable bonds is 8. The van der Waals surface area contributed by atoms with Crippen LogP contribution in [0.4, 0.5) is 11.6 Å². The molecule has 1 saturated carbocycles. The number of hydrogen-bond donors (Lipinski definition) is 1. The van der Waals surface area contributed by atoms with E-state index in [4.69, 9.17) is 10.00 Å². The number of hydrogen-bond acceptors (Lipinski definition) is 7. The van der Waals surface area contributed by atoms with Crippen molar-refractivity contribution in [3.63, 3.8) is 0 Å². The summed E-state index contributed by atoms with van der Waals surface area (Å²) in [6, 6.07) is 11.6. The van der Waals surface area contributed by atoms with E-state index in [-0.39, 0.29) is 18.1 Å². The maximum Gasteiger partial charge on any atom is 0.253 e. The minimum Gasteiger partial charge on any atom is -0.380 e. The van der Waals surface area contributed by atoms with Gasteiger partial charge in [-0.15, -0.1) is 0 Å². The number of nitriles is 1. The smallest absolute Gasteiger partial charge is 0.253 e. The van der Waals surface area contributed by atoms with Crippen molar-refractivity contribution in [1.82, 2.24) is 24.6 Å². The molecule has 9 nitrogen and oxygen atoms in total. The average molecular weight is 458 g/mol. The molecular formula is C25H27N7O2. The maximum absolute atomic E-state index is 12.7. The molecule has 1 amide bonds. The van der Waals surface area contributed by atoms with Gasteiger partial charge in [0.15, 0.2) is 0 Å². The quantitative estimate of drug-likeness (QED) is 0.548. The molecule has 1 unspecified atom stereocenters. The standard InChI is InChI=1S/C25H27N7O2/c1-34-21-10-13-31(16-21)24(33)18-4-6-20(7-5-18)29-25-27-12-9-22(30-25)19-14-28-32(15-19)23(8-11-26)17-2-3-17/h4-7,9,12,14-15,17,21,23H,2-3,8,10,13,16H2,1H3,(H,27,29,30)/t21-,23?/m0/s1. The van der Waals surface area contributed by atoms with Crippen molar-refractivity contribution in [2.24, 2.45) is 5.92 Å². The van der Waals surface area contributed by atoms with Crippen LogP contribution in [-0.2, 0) is 4.74 Å². The molecule has 1 N–H and O–H groups in total. The normalized spacial score (nSPS) is 18.5. The first-order chi connectivity index (χ1) is 16.6. The van der Waals surface area contributed by atoms with Crippen LogP contribution in [0.25, 0.3) is 11.3 Å². The molecule has 2 aromatic heterocycles. The fourth-order valence-corrected chi connectivity index (χ4v) is 4.39. The molecular weight excluding hydrogens is 430 g/mol. The third kappa shape index (κ3) is 4.77. The van der Waals surface area contributed by atoms with E-state index >= 15 is 0 Å². The first-order valence-corrected chi connectivity index (χ1v) is 11.6. The Balaban J connectivity index is 1.26. The highest BCUT2D eigenvalue weighted by molar-refractivity contribution is 5.94. The van der Waals surface area contributed by atoms with Gasteiger partial charge in [-0.1, -0.05) is 0 Å². The molecule has 1 aliphatic carbocycles. The van der Waals surface area contributed by atoms with Crippen LogP contribution >= 0.6 is 0 Å². The second kappa shape index (κ2) is 9.61. The Hall–Kier alpha value is -3.77. The van der Waals surface area contributed by atoms with Gasteiger partial charge in [0, 0.05) is 49.4 Å². The van der Waals surface area contributed by atoms with Crippen LogP contribution in [0.3, 0.4) is 0 Å². The summed E-state index contributed by atoms with van der Waals surface area (Å²) in [4.78, 5) is 23.5. The van der Waals surface area contributed by atoms with E-state index < -0.39 is 0 Å². The van der Waals surface area contributed by atoms with Crippen molar-refractivity contribution >= 4 is 17.5 Å². The van der Waals surface area contributed by atoms with Crippen LogP contribution in [0.15, 0.2) is 48.9 Å². The highest BCUT2D eigenvalue weighted by atomic mass is 16.5. The fourth-order valence-electron chi connectivity index (χ4n) is 4.39. The van der Waals surface area contributed by atoms with Crippen LogP contribution < -0.4 is 5.32 Å². The van der Waals surface area contributed by atoms with Gasteiger partial charge in [-0.3, -0.25) is 9.48 Å². The molecule has 0 spiro atoms. The van der Waals surface area contributed by atoms with Crippen molar-refractivity contribution in [2.45, 2.75) is 37.8 Å². The van der Waals surface area contributed by atoms with Crippen LogP contribution in [0.1, 0.15) is 42.1 Å². The van der Waals surface area contributed by atoms with Gasteiger partial charge in [0.05, 0.1) is 36.5 Å². The number of carbonyl (C=O) groups is 1. The Labute approximate surface area is 198 Å². The number of nitrogens with one attached hydrogen (secondary N) is 1. The Morgan fingerprint density at radius 3 is 2.79 bits per heavy atom. The molecule has 1 saturated heterocycles. The van der Waals surface area contributed by atoms with E-state index in [9.17, 15) is 4.79 Å². The van der Waals surface area contributed by atoms with Gasteiger partial charge < -0.3 is 15.0 Å². The highest BCUT2D eigenvalue weighted by Gasteiger charge is 2.33. The van der Waals surface area contributed by atoms with Gasteiger partial charge in [0.25, 0.3) is 5.91 Å². The third-order valence-corrected chi connectivity index (χ3v) is 6.51. The topological polar surface area (TPSA) is 109 Å². The summed E-state index contributed by atoms with van der Waals surface area (Å²) in [6.07, 6.45) is 9.20. The zero-order valence-corrected chi connectivity index (χ0v) is 19.1. The molecule has 5 rings (SSSR count). The van der Waals surface area contributed by atoms with E-state index in [0.29, 0.717) is 36.9 Å². The summed E-state index contributed by atoms with van der Waals surface area (Å²) in [5.41, 5.74) is 3.08. The minimum absolute atomic E-state index is 0.0160. The van der Waals surface area contributed by atoms with Crippen LogP contribution in [0.5, 0.6) is 0 Å². The predicted octanol–water partition coefficient (Wildman–Crippen LogP) is 3.81. The highest BCUT2D eigenvalue weighted by Crippen LogP contribution is 2.41. The summed E-state index contributed by atoms with van der Waals surface area (Å²) in [7, 11) is 1.68.